The SMILES string of the molecule is CNC1CCC(Cc2cccc(C(F)(F)F)c2)C1C. The molecule has 0 saturated heterocycles. The molecule has 1 saturated carbocycles. The van der Waals surface area contributed by atoms with Gasteiger partial charge in [0, 0.05) is 6.04 Å². The Labute approximate surface area is 112 Å². The fraction of sp³-hybridized carbons (Fsp3) is 0.600. The summed E-state index contributed by atoms with van der Waals surface area (Å²) < 4.78 is 38.0. The van der Waals surface area contributed by atoms with Crippen LogP contribution in [0.5, 0.6) is 0 Å². The molecule has 1 aromatic carbocycles. The molecule has 0 aromatic heterocycles. The van der Waals surface area contributed by atoms with Crippen molar-refractivity contribution in [3.8, 4) is 0 Å². The normalized spacial score (nSPS) is 27.7. The zero-order valence-corrected chi connectivity index (χ0v) is 11.3. The summed E-state index contributed by atoms with van der Waals surface area (Å²) in [6, 6.07) is 6.23. The Balaban J connectivity index is 2.08. The average Bonchev–Trinajstić information content (AvgIpc) is 2.70. The van der Waals surface area contributed by atoms with E-state index in [1.54, 1.807) is 6.07 Å². The van der Waals surface area contributed by atoms with E-state index in [1.807, 2.05) is 7.05 Å². The topological polar surface area (TPSA) is 12.0 Å². The maximum absolute atomic E-state index is 12.7. The molecule has 0 aliphatic heterocycles. The maximum Gasteiger partial charge on any atom is 0.416 e. The number of rotatable bonds is 3. The lowest BCUT2D eigenvalue weighted by Crippen LogP contribution is -2.29. The molecule has 1 aromatic rings. The molecule has 0 bridgehead atoms. The first-order valence-electron chi connectivity index (χ1n) is 6.75. The standard InChI is InChI=1S/C15H20F3N/c1-10-12(6-7-14(10)19-2)8-11-4-3-5-13(9-11)15(16,17)18/h3-5,9-10,12,14,19H,6-8H2,1-2H3. The van der Waals surface area contributed by atoms with Crippen LogP contribution in [0, 0.1) is 11.8 Å². The molecule has 3 atom stereocenters. The van der Waals surface area contributed by atoms with Gasteiger partial charge in [0.05, 0.1) is 5.56 Å². The third-order valence-corrected chi connectivity index (χ3v) is 4.35. The van der Waals surface area contributed by atoms with Gasteiger partial charge in [-0.25, -0.2) is 0 Å². The second-order valence-electron chi connectivity index (χ2n) is 5.49. The Morgan fingerprint density at radius 1 is 1.26 bits per heavy atom. The van der Waals surface area contributed by atoms with E-state index in [4.69, 9.17) is 0 Å². The molecular weight excluding hydrogens is 251 g/mol. The Hall–Kier alpha value is -1.03. The number of benzene rings is 1. The Kier molecular flexibility index (Phi) is 4.19. The van der Waals surface area contributed by atoms with Gasteiger partial charge in [-0.1, -0.05) is 25.1 Å². The van der Waals surface area contributed by atoms with E-state index >= 15 is 0 Å². The predicted octanol–water partition coefficient (Wildman–Crippen LogP) is 3.88. The molecule has 0 amide bonds. The van der Waals surface area contributed by atoms with Crippen molar-refractivity contribution < 1.29 is 13.2 Å². The molecular formula is C15H20F3N. The molecule has 1 nitrogen and oxygen atoms in total. The summed E-state index contributed by atoms with van der Waals surface area (Å²) in [5.74, 6) is 0.987. The van der Waals surface area contributed by atoms with E-state index in [-0.39, 0.29) is 0 Å². The van der Waals surface area contributed by atoms with Crippen LogP contribution in [0.1, 0.15) is 30.9 Å². The van der Waals surface area contributed by atoms with Gasteiger partial charge in [-0.15, -0.1) is 0 Å². The second-order valence-corrected chi connectivity index (χ2v) is 5.49. The zero-order valence-electron chi connectivity index (χ0n) is 11.3. The first-order chi connectivity index (χ1) is 8.91. The maximum atomic E-state index is 12.7. The molecule has 0 radical (unpaired) electrons. The van der Waals surface area contributed by atoms with E-state index < -0.39 is 11.7 Å². The van der Waals surface area contributed by atoms with Crippen LogP contribution in [0.3, 0.4) is 0 Å². The van der Waals surface area contributed by atoms with Gasteiger partial charge in [-0.3, -0.25) is 0 Å². The van der Waals surface area contributed by atoms with Crippen LogP contribution in [0.2, 0.25) is 0 Å². The summed E-state index contributed by atoms with van der Waals surface area (Å²) >= 11 is 0. The van der Waals surface area contributed by atoms with E-state index in [0.717, 1.165) is 30.9 Å². The van der Waals surface area contributed by atoms with Crippen LogP contribution >= 0.6 is 0 Å². The van der Waals surface area contributed by atoms with Crippen molar-refractivity contribution in [3.05, 3.63) is 35.4 Å². The van der Waals surface area contributed by atoms with Gasteiger partial charge in [-0.05, 0) is 49.8 Å². The minimum atomic E-state index is -4.25. The van der Waals surface area contributed by atoms with Gasteiger partial charge in [0.2, 0.25) is 0 Å². The van der Waals surface area contributed by atoms with Crippen LogP contribution in [-0.2, 0) is 12.6 Å². The highest BCUT2D eigenvalue weighted by molar-refractivity contribution is 5.26. The van der Waals surface area contributed by atoms with Crippen LogP contribution in [0.4, 0.5) is 13.2 Å². The molecule has 4 heteroatoms. The largest absolute Gasteiger partial charge is 0.416 e. The first-order valence-corrected chi connectivity index (χ1v) is 6.75. The summed E-state index contributed by atoms with van der Waals surface area (Å²) in [7, 11) is 1.95. The monoisotopic (exact) mass is 271 g/mol. The van der Waals surface area contributed by atoms with Crippen LogP contribution in [0.15, 0.2) is 24.3 Å². The van der Waals surface area contributed by atoms with E-state index in [2.05, 4.69) is 12.2 Å². The number of nitrogens with one attached hydrogen (secondary N) is 1. The van der Waals surface area contributed by atoms with E-state index in [0.29, 0.717) is 17.9 Å². The van der Waals surface area contributed by atoms with Crippen molar-refractivity contribution in [1.29, 1.82) is 0 Å². The lowest BCUT2D eigenvalue weighted by atomic mass is 9.89. The van der Waals surface area contributed by atoms with Crippen molar-refractivity contribution in [3.63, 3.8) is 0 Å². The van der Waals surface area contributed by atoms with Gasteiger partial charge in [-0.2, -0.15) is 13.2 Å². The van der Waals surface area contributed by atoms with Crippen molar-refractivity contribution in [1.82, 2.24) is 5.32 Å². The van der Waals surface area contributed by atoms with Gasteiger partial charge in [0.1, 0.15) is 0 Å². The predicted molar refractivity (Wildman–Crippen MR) is 69.9 cm³/mol. The van der Waals surface area contributed by atoms with Crippen molar-refractivity contribution in [2.75, 3.05) is 7.05 Å². The molecule has 1 fully saturated rings. The minimum Gasteiger partial charge on any atom is -0.317 e. The molecule has 1 aliphatic carbocycles. The number of halogens is 3. The third kappa shape index (κ3) is 3.30. The van der Waals surface area contributed by atoms with E-state index in [9.17, 15) is 13.2 Å². The second kappa shape index (κ2) is 5.53. The molecule has 2 rings (SSSR count). The van der Waals surface area contributed by atoms with Crippen molar-refractivity contribution >= 4 is 0 Å². The molecule has 1 N–H and O–H groups in total. The van der Waals surface area contributed by atoms with Crippen LogP contribution in [0.25, 0.3) is 0 Å². The number of hydrogen-bond acceptors (Lipinski definition) is 1. The fourth-order valence-electron chi connectivity index (χ4n) is 3.12. The Bertz CT molecular complexity index is 428. The third-order valence-electron chi connectivity index (χ3n) is 4.35. The van der Waals surface area contributed by atoms with Gasteiger partial charge in [0.15, 0.2) is 0 Å². The van der Waals surface area contributed by atoms with Crippen LogP contribution in [-0.4, -0.2) is 13.1 Å². The minimum absolute atomic E-state index is 0.473. The zero-order chi connectivity index (χ0) is 14.0. The van der Waals surface area contributed by atoms with E-state index in [1.165, 1.54) is 12.1 Å². The molecule has 0 spiro atoms. The highest BCUT2D eigenvalue weighted by atomic mass is 19.4. The van der Waals surface area contributed by atoms with Gasteiger partial charge >= 0.3 is 6.18 Å². The molecule has 1 aliphatic rings. The fourth-order valence-corrected chi connectivity index (χ4v) is 3.12. The molecule has 0 heterocycles. The molecule has 3 unspecified atom stereocenters. The lowest BCUT2D eigenvalue weighted by molar-refractivity contribution is -0.137. The Morgan fingerprint density at radius 3 is 2.58 bits per heavy atom. The quantitative estimate of drug-likeness (QED) is 0.879. The first kappa shape index (κ1) is 14.4. The Morgan fingerprint density at radius 2 is 2.00 bits per heavy atom. The molecule has 19 heavy (non-hydrogen) atoms. The molecule has 106 valence electrons. The average molecular weight is 271 g/mol. The van der Waals surface area contributed by atoms with Crippen molar-refractivity contribution in [2.45, 2.75) is 38.4 Å². The smallest absolute Gasteiger partial charge is 0.317 e. The van der Waals surface area contributed by atoms with Crippen molar-refractivity contribution in [2.24, 2.45) is 11.8 Å². The summed E-state index contributed by atoms with van der Waals surface area (Å²) in [4.78, 5) is 0. The summed E-state index contributed by atoms with van der Waals surface area (Å²) in [6.45, 7) is 2.19. The summed E-state index contributed by atoms with van der Waals surface area (Å²) in [5.41, 5.74) is 0.254. The van der Waals surface area contributed by atoms with Gasteiger partial charge in [0.25, 0.3) is 0 Å². The lowest BCUT2D eigenvalue weighted by Gasteiger charge is -2.20. The van der Waals surface area contributed by atoms with Gasteiger partial charge < -0.3 is 5.32 Å². The number of alkyl halides is 3. The highest BCUT2D eigenvalue weighted by Gasteiger charge is 2.33. The summed E-state index contributed by atoms with van der Waals surface area (Å²) in [5, 5.41) is 3.29. The number of hydrogen-bond donors (Lipinski definition) is 1. The highest BCUT2D eigenvalue weighted by Crippen LogP contribution is 2.35. The van der Waals surface area contributed by atoms with Crippen LogP contribution < -0.4 is 5.32 Å². The summed E-state index contributed by atoms with van der Waals surface area (Å²) in [6.07, 6.45) is -1.31.